The van der Waals surface area contributed by atoms with Crippen LogP contribution in [0, 0.1) is 5.92 Å². The zero-order valence-corrected chi connectivity index (χ0v) is 13.1. The van der Waals surface area contributed by atoms with Gasteiger partial charge in [0.25, 0.3) is 0 Å². The van der Waals surface area contributed by atoms with E-state index in [0.29, 0.717) is 18.4 Å². The number of anilines is 1. The molecule has 1 aliphatic rings. The first kappa shape index (κ1) is 15.0. The second-order valence-electron chi connectivity index (χ2n) is 6.15. The number of carbonyl (C=O) groups excluding carboxylic acids is 1. The first-order chi connectivity index (χ1) is 9.52. The average Bonchev–Trinajstić information content (AvgIpc) is 2.69. The van der Waals surface area contributed by atoms with Gasteiger partial charge in [0, 0.05) is 18.8 Å². The van der Waals surface area contributed by atoms with Gasteiger partial charge in [-0.2, -0.15) is 0 Å². The van der Waals surface area contributed by atoms with E-state index in [1.54, 1.807) is 4.90 Å². The largest absolute Gasteiger partial charge is 0.315 e. The minimum absolute atomic E-state index is 0.194. The van der Waals surface area contributed by atoms with Crippen LogP contribution in [0.25, 0.3) is 0 Å². The van der Waals surface area contributed by atoms with Gasteiger partial charge in [0.2, 0.25) is 5.91 Å². The molecule has 3 nitrogen and oxygen atoms in total. The van der Waals surface area contributed by atoms with Crippen LogP contribution in [-0.2, 0) is 11.2 Å². The summed E-state index contributed by atoms with van der Waals surface area (Å²) in [6, 6.07) is 6.87. The van der Waals surface area contributed by atoms with E-state index in [0.717, 1.165) is 25.1 Å². The van der Waals surface area contributed by atoms with Gasteiger partial charge in [-0.05, 0) is 42.5 Å². The number of benzene rings is 1. The number of hydrogen-bond donors (Lipinski definition) is 1. The number of nitrogens with one attached hydrogen (secondary N) is 1. The Hall–Kier alpha value is -1.35. The van der Waals surface area contributed by atoms with Crippen molar-refractivity contribution in [2.75, 3.05) is 18.5 Å². The number of amides is 1. The second kappa shape index (κ2) is 6.40. The molecule has 0 fully saturated rings. The minimum Gasteiger partial charge on any atom is -0.315 e. The Bertz CT molecular complexity index is 482. The maximum Gasteiger partial charge on any atom is 0.231 e. The van der Waals surface area contributed by atoms with Gasteiger partial charge in [-0.15, -0.1) is 0 Å². The Labute approximate surface area is 122 Å². The van der Waals surface area contributed by atoms with Crippen LogP contribution < -0.4 is 10.2 Å². The number of rotatable bonds is 6. The van der Waals surface area contributed by atoms with E-state index in [1.807, 2.05) is 7.05 Å². The first-order valence-corrected chi connectivity index (χ1v) is 7.65. The fourth-order valence-corrected chi connectivity index (χ4v) is 2.83. The molecular weight excluding hydrogens is 248 g/mol. The SMILES string of the molecule is CCCNC(CC(C)C)c1ccc2c(c1)CC(=O)N2C. The van der Waals surface area contributed by atoms with Crippen molar-refractivity contribution in [1.29, 1.82) is 0 Å². The highest BCUT2D eigenvalue weighted by Crippen LogP contribution is 2.31. The summed E-state index contributed by atoms with van der Waals surface area (Å²) < 4.78 is 0. The van der Waals surface area contributed by atoms with E-state index in [-0.39, 0.29) is 5.91 Å². The number of likely N-dealkylation sites (N-methyl/N-ethyl adjacent to an activating group) is 1. The van der Waals surface area contributed by atoms with Crippen LogP contribution in [-0.4, -0.2) is 19.5 Å². The summed E-state index contributed by atoms with van der Waals surface area (Å²) in [6.07, 6.45) is 2.81. The minimum atomic E-state index is 0.194. The quantitative estimate of drug-likeness (QED) is 0.863. The Morgan fingerprint density at radius 1 is 1.35 bits per heavy atom. The highest BCUT2D eigenvalue weighted by Gasteiger charge is 2.25. The molecule has 3 heteroatoms. The van der Waals surface area contributed by atoms with Gasteiger partial charge >= 0.3 is 0 Å². The van der Waals surface area contributed by atoms with Gasteiger partial charge in [0.15, 0.2) is 0 Å². The fourth-order valence-electron chi connectivity index (χ4n) is 2.83. The average molecular weight is 274 g/mol. The summed E-state index contributed by atoms with van der Waals surface area (Å²) in [5.41, 5.74) is 3.55. The maximum atomic E-state index is 11.8. The molecule has 0 bridgehead atoms. The molecule has 0 aliphatic carbocycles. The Kier molecular flexibility index (Phi) is 4.81. The van der Waals surface area contributed by atoms with Crippen molar-refractivity contribution in [3.63, 3.8) is 0 Å². The lowest BCUT2D eigenvalue weighted by atomic mass is 9.95. The summed E-state index contributed by atoms with van der Waals surface area (Å²) >= 11 is 0. The molecule has 1 unspecified atom stereocenters. The van der Waals surface area contributed by atoms with E-state index in [4.69, 9.17) is 0 Å². The van der Waals surface area contributed by atoms with Gasteiger partial charge < -0.3 is 10.2 Å². The molecular formula is C17H26N2O. The van der Waals surface area contributed by atoms with Gasteiger partial charge in [0.1, 0.15) is 0 Å². The Morgan fingerprint density at radius 2 is 2.10 bits per heavy atom. The number of hydrogen-bond acceptors (Lipinski definition) is 2. The normalized spacial score (nSPS) is 15.8. The lowest BCUT2D eigenvalue weighted by Gasteiger charge is -2.22. The highest BCUT2D eigenvalue weighted by atomic mass is 16.2. The molecule has 2 rings (SSSR count). The van der Waals surface area contributed by atoms with Gasteiger partial charge in [-0.25, -0.2) is 0 Å². The molecule has 1 N–H and O–H groups in total. The molecule has 20 heavy (non-hydrogen) atoms. The number of nitrogens with zero attached hydrogens (tertiary/aromatic N) is 1. The third kappa shape index (κ3) is 3.21. The van der Waals surface area contributed by atoms with E-state index in [2.05, 4.69) is 44.3 Å². The molecule has 1 amide bonds. The van der Waals surface area contributed by atoms with Gasteiger partial charge in [0.05, 0.1) is 6.42 Å². The summed E-state index contributed by atoms with van der Waals surface area (Å²) in [4.78, 5) is 13.5. The van der Waals surface area contributed by atoms with Crippen LogP contribution in [0.1, 0.15) is 50.8 Å². The van der Waals surface area contributed by atoms with E-state index in [9.17, 15) is 4.79 Å². The van der Waals surface area contributed by atoms with Crippen LogP contribution in [0.3, 0.4) is 0 Å². The predicted octanol–water partition coefficient (Wildman–Crippen LogP) is 3.29. The Morgan fingerprint density at radius 3 is 2.75 bits per heavy atom. The maximum absolute atomic E-state index is 11.8. The molecule has 1 atom stereocenters. The van der Waals surface area contributed by atoms with Crippen molar-refractivity contribution >= 4 is 11.6 Å². The smallest absolute Gasteiger partial charge is 0.231 e. The molecule has 110 valence electrons. The first-order valence-electron chi connectivity index (χ1n) is 7.65. The molecule has 1 aromatic carbocycles. The number of carbonyl (C=O) groups is 1. The summed E-state index contributed by atoms with van der Waals surface area (Å²) in [7, 11) is 1.86. The molecule has 0 spiro atoms. The third-order valence-corrected chi connectivity index (χ3v) is 3.93. The predicted molar refractivity (Wildman–Crippen MR) is 84.0 cm³/mol. The Balaban J connectivity index is 2.22. The monoisotopic (exact) mass is 274 g/mol. The van der Waals surface area contributed by atoms with E-state index >= 15 is 0 Å². The summed E-state index contributed by atoms with van der Waals surface area (Å²) in [5, 5.41) is 3.63. The van der Waals surface area contributed by atoms with E-state index < -0.39 is 0 Å². The van der Waals surface area contributed by atoms with E-state index in [1.165, 1.54) is 11.1 Å². The van der Waals surface area contributed by atoms with Crippen molar-refractivity contribution in [2.45, 2.75) is 46.1 Å². The zero-order chi connectivity index (χ0) is 14.7. The van der Waals surface area contributed by atoms with Gasteiger partial charge in [-0.3, -0.25) is 4.79 Å². The highest BCUT2D eigenvalue weighted by molar-refractivity contribution is 6.00. The van der Waals surface area contributed by atoms with Crippen LogP contribution in [0.2, 0.25) is 0 Å². The van der Waals surface area contributed by atoms with Crippen LogP contribution in [0.15, 0.2) is 18.2 Å². The van der Waals surface area contributed by atoms with Crippen molar-refractivity contribution < 1.29 is 4.79 Å². The molecule has 1 heterocycles. The molecule has 0 saturated heterocycles. The van der Waals surface area contributed by atoms with Crippen molar-refractivity contribution in [1.82, 2.24) is 5.32 Å². The molecule has 0 saturated carbocycles. The molecule has 1 aromatic rings. The molecule has 0 aromatic heterocycles. The topological polar surface area (TPSA) is 32.3 Å². The summed E-state index contributed by atoms with van der Waals surface area (Å²) in [5.74, 6) is 0.848. The zero-order valence-electron chi connectivity index (χ0n) is 13.1. The summed E-state index contributed by atoms with van der Waals surface area (Å²) in [6.45, 7) is 7.74. The molecule has 1 aliphatic heterocycles. The van der Waals surface area contributed by atoms with Crippen LogP contribution in [0.5, 0.6) is 0 Å². The third-order valence-electron chi connectivity index (χ3n) is 3.93. The second-order valence-corrected chi connectivity index (χ2v) is 6.15. The van der Waals surface area contributed by atoms with Crippen molar-refractivity contribution in [3.05, 3.63) is 29.3 Å². The fraction of sp³-hybridized carbons (Fsp3) is 0.588. The standard InChI is InChI=1S/C17H26N2O/c1-5-8-18-15(9-12(2)3)13-6-7-16-14(10-13)11-17(20)19(16)4/h6-7,10,12,15,18H,5,8-9,11H2,1-4H3. The van der Waals surface area contributed by atoms with Crippen molar-refractivity contribution in [2.24, 2.45) is 5.92 Å². The van der Waals surface area contributed by atoms with Crippen LogP contribution in [0.4, 0.5) is 5.69 Å². The molecule has 0 radical (unpaired) electrons. The van der Waals surface area contributed by atoms with Gasteiger partial charge in [-0.1, -0.05) is 32.9 Å². The van der Waals surface area contributed by atoms with Crippen LogP contribution >= 0.6 is 0 Å². The lowest BCUT2D eigenvalue weighted by Crippen LogP contribution is -2.23. The van der Waals surface area contributed by atoms with Crippen molar-refractivity contribution in [3.8, 4) is 0 Å². The number of fused-ring (bicyclic) bond motifs is 1. The lowest BCUT2D eigenvalue weighted by molar-refractivity contribution is -0.117.